The van der Waals surface area contributed by atoms with Crippen LogP contribution in [0.3, 0.4) is 0 Å². The Morgan fingerprint density at radius 1 is 1.38 bits per heavy atom. The Balaban J connectivity index is 1.64. The molecule has 0 atom stereocenters. The quantitative estimate of drug-likeness (QED) is 0.725. The number of nitrogens with two attached hydrogens (primary N) is 1. The molecule has 1 fully saturated rings. The highest BCUT2D eigenvalue weighted by Crippen LogP contribution is 2.07. The van der Waals surface area contributed by atoms with Crippen LogP contribution in [0.25, 0.3) is 0 Å². The van der Waals surface area contributed by atoms with Gasteiger partial charge in [0.2, 0.25) is 5.95 Å². The smallest absolute Gasteiger partial charge is 0.224 e. The largest absolute Gasteiger partial charge is 0.384 e. The second-order valence-electron chi connectivity index (χ2n) is 4.13. The molecule has 0 unspecified atom stereocenters. The Hall–Kier alpha value is -1.36. The summed E-state index contributed by atoms with van der Waals surface area (Å²) in [6.45, 7) is 4.58. The molecule has 5 heteroatoms. The third kappa shape index (κ3) is 3.34. The molecule has 1 saturated heterocycles. The highest BCUT2D eigenvalue weighted by molar-refractivity contribution is 5.34. The van der Waals surface area contributed by atoms with Crippen LogP contribution in [0.5, 0.6) is 0 Å². The summed E-state index contributed by atoms with van der Waals surface area (Å²) in [5.74, 6) is 1.14. The molecular formula is C11H19N5. The lowest BCUT2D eigenvalue weighted by atomic mass is 10.4. The number of likely N-dealkylation sites (tertiary alicyclic amines) is 1. The third-order valence-electron chi connectivity index (χ3n) is 2.81. The zero-order valence-electron chi connectivity index (χ0n) is 9.52. The molecule has 2 heterocycles. The first-order chi connectivity index (χ1) is 7.84. The van der Waals surface area contributed by atoms with Crippen molar-refractivity contribution in [1.82, 2.24) is 14.9 Å². The Morgan fingerprint density at radius 2 is 2.19 bits per heavy atom. The zero-order chi connectivity index (χ0) is 11.2. The molecule has 0 amide bonds. The van der Waals surface area contributed by atoms with Crippen LogP contribution in [0.4, 0.5) is 11.8 Å². The Bertz CT molecular complexity index is 322. The molecule has 1 aromatic rings. The van der Waals surface area contributed by atoms with Gasteiger partial charge in [-0.2, -0.15) is 4.98 Å². The Kier molecular flexibility index (Phi) is 3.93. The summed E-state index contributed by atoms with van der Waals surface area (Å²) in [6.07, 6.45) is 5.50. The Labute approximate surface area is 96.1 Å². The second kappa shape index (κ2) is 5.65. The van der Waals surface area contributed by atoms with Crippen LogP contribution in [0.1, 0.15) is 19.3 Å². The lowest BCUT2D eigenvalue weighted by Gasteiger charge is -2.14. The van der Waals surface area contributed by atoms with E-state index in [-0.39, 0.29) is 0 Å². The first kappa shape index (κ1) is 11.1. The molecular weight excluding hydrogens is 202 g/mol. The van der Waals surface area contributed by atoms with Gasteiger partial charge in [-0.15, -0.1) is 0 Å². The van der Waals surface area contributed by atoms with E-state index in [1.165, 1.54) is 25.9 Å². The molecule has 0 aromatic carbocycles. The maximum Gasteiger partial charge on any atom is 0.224 e. The summed E-state index contributed by atoms with van der Waals surface area (Å²) >= 11 is 0. The van der Waals surface area contributed by atoms with Gasteiger partial charge in [-0.3, -0.25) is 0 Å². The lowest BCUT2D eigenvalue weighted by molar-refractivity contribution is 0.337. The number of anilines is 2. The van der Waals surface area contributed by atoms with E-state index in [1.54, 1.807) is 12.3 Å². The van der Waals surface area contributed by atoms with Crippen molar-refractivity contribution in [2.75, 3.05) is 37.2 Å². The minimum atomic E-state index is 0.511. The first-order valence-electron chi connectivity index (χ1n) is 5.89. The average Bonchev–Trinajstić information content (AvgIpc) is 2.77. The summed E-state index contributed by atoms with van der Waals surface area (Å²) in [5.41, 5.74) is 5.56. The van der Waals surface area contributed by atoms with Crippen LogP contribution in [-0.2, 0) is 0 Å². The van der Waals surface area contributed by atoms with Gasteiger partial charge in [-0.1, -0.05) is 0 Å². The number of hydrogen-bond acceptors (Lipinski definition) is 5. The molecule has 16 heavy (non-hydrogen) atoms. The number of nitrogen functional groups attached to an aromatic ring is 1. The molecule has 1 aliphatic rings. The third-order valence-corrected chi connectivity index (χ3v) is 2.81. The summed E-state index contributed by atoms with van der Waals surface area (Å²) in [7, 11) is 0. The molecule has 5 nitrogen and oxygen atoms in total. The van der Waals surface area contributed by atoms with Crippen molar-refractivity contribution in [1.29, 1.82) is 0 Å². The lowest BCUT2D eigenvalue weighted by Crippen LogP contribution is -2.22. The summed E-state index contributed by atoms with van der Waals surface area (Å²) in [4.78, 5) is 10.7. The van der Waals surface area contributed by atoms with Gasteiger partial charge in [0.15, 0.2) is 0 Å². The van der Waals surface area contributed by atoms with Crippen LogP contribution in [-0.4, -0.2) is 41.0 Å². The maximum atomic E-state index is 5.56. The first-order valence-corrected chi connectivity index (χ1v) is 5.89. The highest BCUT2D eigenvalue weighted by atomic mass is 15.1. The van der Waals surface area contributed by atoms with Gasteiger partial charge in [0.1, 0.15) is 5.82 Å². The monoisotopic (exact) mass is 221 g/mol. The van der Waals surface area contributed by atoms with E-state index in [0.29, 0.717) is 11.8 Å². The van der Waals surface area contributed by atoms with Gasteiger partial charge in [0, 0.05) is 12.7 Å². The fourth-order valence-electron chi connectivity index (χ4n) is 1.97. The molecule has 0 bridgehead atoms. The summed E-state index contributed by atoms with van der Waals surface area (Å²) in [6, 6.07) is 1.69. The van der Waals surface area contributed by atoms with Crippen molar-refractivity contribution in [3.8, 4) is 0 Å². The van der Waals surface area contributed by atoms with Gasteiger partial charge in [0.05, 0.1) is 0 Å². The fraction of sp³-hybridized carbons (Fsp3) is 0.636. The number of nitrogens with one attached hydrogen (secondary N) is 1. The van der Waals surface area contributed by atoms with E-state index < -0.39 is 0 Å². The zero-order valence-corrected chi connectivity index (χ0v) is 9.52. The molecule has 0 saturated carbocycles. The van der Waals surface area contributed by atoms with Crippen molar-refractivity contribution in [3.63, 3.8) is 0 Å². The van der Waals surface area contributed by atoms with Crippen molar-refractivity contribution in [2.24, 2.45) is 0 Å². The average molecular weight is 221 g/mol. The van der Waals surface area contributed by atoms with Crippen LogP contribution in [0, 0.1) is 0 Å². The SMILES string of the molecule is Nc1ccnc(NCCCN2CCCC2)n1. The maximum absolute atomic E-state index is 5.56. The van der Waals surface area contributed by atoms with E-state index in [2.05, 4.69) is 20.2 Å². The summed E-state index contributed by atoms with van der Waals surface area (Å²) < 4.78 is 0. The normalized spacial score (nSPS) is 16.5. The standard InChI is InChI=1S/C11H19N5/c12-10-4-6-14-11(15-10)13-5-3-9-16-7-1-2-8-16/h4,6H,1-3,5,7-9H2,(H3,12,13,14,15). The molecule has 1 aromatic heterocycles. The molecule has 88 valence electrons. The van der Waals surface area contributed by atoms with Crippen LogP contribution >= 0.6 is 0 Å². The number of nitrogens with zero attached hydrogens (tertiary/aromatic N) is 3. The molecule has 0 spiro atoms. The predicted octanol–water partition coefficient (Wildman–Crippen LogP) is 0.957. The minimum Gasteiger partial charge on any atom is -0.384 e. The Morgan fingerprint density at radius 3 is 2.94 bits per heavy atom. The second-order valence-corrected chi connectivity index (χ2v) is 4.13. The van der Waals surface area contributed by atoms with Crippen LogP contribution in [0.15, 0.2) is 12.3 Å². The van der Waals surface area contributed by atoms with E-state index in [1.807, 2.05) is 0 Å². The number of hydrogen-bond donors (Lipinski definition) is 2. The predicted molar refractivity (Wildman–Crippen MR) is 65.2 cm³/mol. The van der Waals surface area contributed by atoms with Crippen molar-refractivity contribution in [2.45, 2.75) is 19.3 Å². The fourth-order valence-corrected chi connectivity index (χ4v) is 1.97. The molecule has 0 aliphatic carbocycles. The van der Waals surface area contributed by atoms with Crippen molar-refractivity contribution >= 4 is 11.8 Å². The van der Waals surface area contributed by atoms with Gasteiger partial charge in [0.25, 0.3) is 0 Å². The minimum absolute atomic E-state index is 0.511. The highest BCUT2D eigenvalue weighted by Gasteiger charge is 2.09. The van der Waals surface area contributed by atoms with E-state index in [9.17, 15) is 0 Å². The van der Waals surface area contributed by atoms with E-state index in [0.717, 1.165) is 19.5 Å². The van der Waals surface area contributed by atoms with Crippen LogP contribution in [0.2, 0.25) is 0 Å². The topological polar surface area (TPSA) is 67.1 Å². The van der Waals surface area contributed by atoms with Gasteiger partial charge < -0.3 is 16.0 Å². The van der Waals surface area contributed by atoms with Gasteiger partial charge in [-0.05, 0) is 45.0 Å². The van der Waals surface area contributed by atoms with Crippen molar-refractivity contribution < 1.29 is 0 Å². The molecule has 1 aliphatic heterocycles. The number of rotatable bonds is 5. The molecule has 2 rings (SSSR count). The van der Waals surface area contributed by atoms with Crippen molar-refractivity contribution in [3.05, 3.63) is 12.3 Å². The van der Waals surface area contributed by atoms with Gasteiger partial charge >= 0.3 is 0 Å². The summed E-state index contributed by atoms with van der Waals surface area (Å²) in [5, 5.41) is 3.18. The number of aromatic nitrogens is 2. The molecule has 3 N–H and O–H groups in total. The van der Waals surface area contributed by atoms with E-state index in [4.69, 9.17) is 5.73 Å². The van der Waals surface area contributed by atoms with Gasteiger partial charge in [-0.25, -0.2) is 4.98 Å². The van der Waals surface area contributed by atoms with Crippen LogP contribution < -0.4 is 11.1 Å². The van der Waals surface area contributed by atoms with E-state index >= 15 is 0 Å². The molecule has 0 radical (unpaired) electrons.